The summed E-state index contributed by atoms with van der Waals surface area (Å²) in [6.45, 7) is 2.12. The fourth-order valence-corrected chi connectivity index (χ4v) is 1.60. The number of rotatable bonds is 1. The molecule has 0 fully saturated rings. The van der Waals surface area contributed by atoms with Crippen molar-refractivity contribution in [3.63, 3.8) is 0 Å². The predicted octanol–water partition coefficient (Wildman–Crippen LogP) is 3.38. The van der Waals surface area contributed by atoms with Gasteiger partial charge in [-0.3, -0.25) is 0 Å². The Kier molecular flexibility index (Phi) is 1.81. The first-order valence-corrected chi connectivity index (χ1v) is 4.45. The first-order valence-electron chi connectivity index (χ1n) is 4.07. The molecule has 0 amide bonds. The van der Waals surface area contributed by atoms with Gasteiger partial charge in [-0.05, 0) is 24.6 Å². The topological polar surface area (TPSA) is 15.8 Å². The van der Waals surface area contributed by atoms with Gasteiger partial charge < -0.3 is 4.98 Å². The molecule has 0 aliphatic heterocycles. The van der Waals surface area contributed by atoms with Crippen LogP contribution in [-0.4, -0.2) is 4.98 Å². The van der Waals surface area contributed by atoms with Crippen LogP contribution in [0.3, 0.4) is 0 Å². The van der Waals surface area contributed by atoms with Gasteiger partial charge in [0.25, 0.3) is 0 Å². The summed E-state index contributed by atoms with van der Waals surface area (Å²) >= 11 is 6.01. The largest absolute Gasteiger partial charge is 0.358 e. The van der Waals surface area contributed by atoms with Gasteiger partial charge in [-0.1, -0.05) is 24.6 Å². The van der Waals surface area contributed by atoms with Crippen LogP contribution >= 0.6 is 11.6 Å². The van der Waals surface area contributed by atoms with E-state index in [0.717, 1.165) is 22.3 Å². The third-order valence-electron chi connectivity index (χ3n) is 2.05. The molecule has 0 radical (unpaired) electrons. The zero-order valence-electron chi connectivity index (χ0n) is 6.89. The molecular formula is C10H10ClN. The zero-order valence-corrected chi connectivity index (χ0v) is 7.65. The number of fused-ring (bicyclic) bond motifs is 1. The Hall–Kier alpha value is -0.950. The van der Waals surface area contributed by atoms with E-state index in [-0.39, 0.29) is 0 Å². The van der Waals surface area contributed by atoms with Crippen LogP contribution in [0.1, 0.15) is 12.6 Å². The summed E-state index contributed by atoms with van der Waals surface area (Å²) in [5.41, 5.74) is 2.36. The second kappa shape index (κ2) is 2.83. The van der Waals surface area contributed by atoms with E-state index in [0.29, 0.717) is 0 Å². The Balaban J connectivity index is 2.74. The fraction of sp³-hybridized carbons (Fsp3) is 0.200. The van der Waals surface area contributed by atoms with Gasteiger partial charge in [0, 0.05) is 21.6 Å². The minimum Gasteiger partial charge on any atom is -0.358 e. The lowest BCUT2D eigenvalue weighted by Gasteiger charge is -1.90. The minimum absolute atomic E-state index is 0.823. The quantitative estimate of drug-likeness (QED) is 0.691. The van der Waals surface area contributed by atoms with Crippen molar-refractivity contribution in [1.29, 1.82) is 0 Å². The standard InChI is InChI=1S/C10H10ClN/c1-2-7-6-8-9(11)4-3-5-10(8)12-7/h3-6,12H,2H2,1H3. The van der Waals surface area contributed by atoms with E-state index in [4.69, 9.17) is 11.6 Å². The van der Waals surface area contributed by atoms with Crippen molar-refractivity contribution in [3.8, 4) is 0 Å². The van der Waals surface area contributed by atoms with E-state index in [9.17, 15) is 0 Å². The summed E-state index contributed by atoms with van der Waals surface area (Å²) in [7, 11) is 0. The molecule has 1 heterocycles. The number of aryl methyl sites for hydroxylation is 1. The van der Waals surface area contributed by atoms with Crippen molar-refractivity contribution in [3.05, 3.63) is 35.0 Å². The lowest BCUT2D eigenvalue weighted by Crippen LogP contribution is -1.74. The average Bonchev–Trinajstić information content (AvgIpc) is 2.49. The van der Waals surface area contributed by atoms with E-state index in [1.54, 1.807) is 0 Å². The van der Waals surface area contributed by atoms with Crippen LogP contribution < -0.4 is 0 Å². The number of benzene rings is 1. The van der Waals surface area contributed by atoms with Gasteiger partial charge in [0.15, 0.2) is 0 Å². The van der Waals surface area contributed by atoms with Crippen LogP contribution in [-0.2, 0) is 6.42 Å². The monoisotopic (exact) mass is 179 g/mol. The molecule has 0 saturated carbocycles. The highest BCUT2D eigenvalue weighted by molar-refractivity contribution is 6.35. The first kappa shape index (κ1) is 7.69. The number of aromatic nitrogens is 1. The van der Waals surface area contributed by atoms with Crippen molar-refractivity contribution in [2.75, 3.05) is 0 Å². The highest BCUT2D eigenvalue weighted by Gasteiger charge is 2.01. The van der Waals surface area contributed by atoms with Crippen LogP contribution in [0.4, 0.5) is 0 Å². The van der Waals surface area contributed by atoms with Crippen molar-refractivity contribution >= 4 is 22.5 Å². The molecule has 1 aromatic heterocycles. The van der Waals surface area contributed by atoms with Crippen LogP contribution in [0.2, 0.25) is 5.02 Å². The number of nitrogens with one attached hydrogen (secondary N) is 1. The lowest BCUT2D eigenvalue weighted by atomic mass is 10.2. The fourth-order valence-electron chi connectivity index (χ4n) is 1.37. The Morgan fingerprint density at radius 1 is 1.42 bits per heavy atom. The van der Waals surface area contributed by atoms with Crippen molar-refractivity contribution in [1.82, 2.24) is 4.98 Å². The first-order chi connectivity index (χ1) is 5.81. The number of hydrogen-bond donors (Lipinski definition) is 1. The summed E-state index contributed by atoms with van der Waals surface area (Å²) in [5, 5.41) is 1.94. The molecule has 2 aromatic rings. The van der Waals surface area contributed by atoms with Gasteiger partial charge in [-0.25, -0.2) is 0 Å². The predicted molar refractivity (Wildman–Crippen MR) is 52.7 cm³/mol. The van der Waals surface area contributed by atoms with Crippen LogP contribution in [0.25, 0.3) is 10.9 Å². The molecule has 2 heteroatoms. The Labute approximate surface area is 76.4 Å². The van der Waals surface area contributed by atoms with Crippen molar-refractivity contribution in [2.24, 2.45) is 0 Å². The zero-order chi connectivity index (χ0) is 8.55. The molecule has 0 bridgehead atoms. The van der Waals surface area contributed by atoms with E-state index >= 15 is 0 Å². The maximum Gasteiger partial charge on any atom is 0.0499 e. The average molecular weight is 180 g/mol. The summed E-state index contributed by atoms with van der Waals surface area (Å²) in [6, 6.07) is 8.02. The van der Waals surface area contributed by atoms with Crippen molar-refractivity contribution < 1.29 is 0 Å². The second-order valence-corrected chi connectivity index (χ2v) is 3.26. The number of aromatic amines is 1. The molecule has 1 aromatic carbocycles. The number of halogens is 1. The molecule has 1 nitrogen and oxygen atoms in total. The number of H-pyrrole nitrogens is 1. The van der Waals surface area contributed by atoms with Gasteiger partial charge in [0.05, 0.1) is 0 Å². The molecule has 12 heavy (non-hydrogen) atoms. The van der Waals surface area contributed by atoms with E-state index in [1.165, 1.54) is 5.69 Å². The third-order valence-corrected chi connectivity index (χ3v) is 2.38. The number of hydrogen-bond acceptors (Lipinski definition) is 0. The lowest BCUT2D eigenvalue weighted by molar-refractivity contribution is 1.07. The summed E-state index contributed by atoms with van der Waals surface area (Å²) in [5.74, 6) is 0. The van der Waals surface area contributed by atoms with Gasteiger partial charge in [0.2, 0.25) is 0 Å². The summed E-state index contributed by atoms with van der Waals surface area (Å²) in [4.78, 5) is 3.30. The molecule has 0 atom stereocenters. The Morgan fingerprint density at radius 3 is 2.92 bits per heavy atom. The highest BCUT2D eigenvalue weighted by Crippen LogP contribution is 2.23. The summed E-state index contributed by atoms with van der Waals surface area (Å²) < 4.78 is 0. The van der Waals surface area contributed by atoms with E-state index in [1.807, 2.05) is 18.2 Å². The highest BCUT2D eigenvalue weighted by atomic mass is 35.5. The molecule has 2 rings (SSSR count). The van der Waals surface area contributed by atoms with Crippen LogP contribution in [0.5, 0.6) is 0 Å². The molecule has 0 unspecified atom stereocenters. The molecule has 0 spiro atoms. The summed E-state index contributed by atoms with van der Waals surface area (Å²) in [6.07, 6.45) is 1.02. The normalized spacial score (nSPS) is 10.8. The molecule has 1 N–H and O–H groups in total. The molecular weight excluding hydrogens is 170 g/mol. The maximum atomic E-state index is 6.01. The van der Waals surface area contributed by atoms with E-state index in [2.05, 4.69) is 18.0 Å². The van der Waals surface area contributed by atoms with Gasteiger partial charge in [-0.15, -0.1) is 0 Å². The molecule has 0 aliphatic carbocycles. The molecule has 0 saturated heterocycles. The van der Waals surface area contributed by atoms with Gasteiger partial charge in [-0.2, -0.15) is 0 Å². The second-order valence-electron chi connectivity index (χ2n) is 2.85. The Morgan fingerprint density at radius 2 is 2.25 bits per heavy atom. The van der Waals surface area contributed by atoms with E-state index < -0.39 is 0 Å². The third kappa shape index (κ3) is 1.10. The SMILES string of the molecule is CCc1cc2c(Cl)cccc2[nH]1. The van der Waals surface area contributed by atoms with Gasteiger partial charge in [0.1, 0.15) is 0 Å². The van der Waals surface area contributed by atoms with Crippen molar-refractivity contribution in [2.45, 2.75) is 13.3 Å². The molecule has 62 valence electrons. The maximum absolute atomic E-state index is 6.01. The van der Waals surface area contributed by atoms with Crippen LogP contribution in [0, 0.1) is 0 Å². The molecule has 0 aliphatic rings. The smallest absolute Gasteiger partial charge is 0.0499 e. The van der Waals surface area contributed by atoms with Gasteiger partial charge >= 0.3 is 0 Å². The van der Waals surface area contributed by atoms with Crippen LogP contribution in [0.15, 0.2) is 24.3 Å². The Bertz CT molecular complexity index is 403. The minimum atomic E-state index is 0.823.